The highest BCUT2D eigenvalue weighted by molar-refractivity contribution is 5.79. The molecule has 4 heteroatoms. The maximum absolute atomic E-state index is 13.0. The number of benzene rings is 2. The zero-order chi connectivity index (χ0) is 14.5. The molecule has 0 unspecified atom stereocenters. The van der Waals surface area contributed by atoms with E-state index in [0.29, 0.717) is 18.0 Å². The number of nitrogens with two attached hydrogens (primary N) is 1. The topological polar surface area (TPSA) is 38.5 Å². The molecule has 2 aromatic carbocycles. The first-order chi connectivity index (χ1) is 9.67. The van der Waals surface area contributed by atoms with Crippen LogP contribution in [0.25, 0.3) is 0 Å². The Morgan fingerprint density at radius 2 is 1.80 bits per heavy atom. The van der Waals surface area contributed by atoms with Gasteiger partial charge in [0, 0.05) is 12.2 Å². The van der Waals surface area contributed by atoms with Crippen LogP contribution in [-0.2, 0) is 0 Å². The third kappa shape index (κ3) is 2.85. The van der Waals surface area contributed by atoms with E-state index in [1.165, 1.54) is 12.1 Å². The Bertz CT molecular complexity index is 569. The molecular formula is C16H19FN2O. The summed E-state index contributed by atoms with van der Waals surface area (Å²) in [5.74, 6) is 0.423. The van der Waals surface area contributed by atoms with Crippen molar-refractivity contribution in [3.8, 4) is 5.75 Å². The molecule has 0 aliphatic heterocycles. The molecule has 0 heterocycles. The van der Waals surface area contributed by atoms with Crippen molar-refractivity contribution in [1.29, 1.82) is 0 Å². The van der Waals surface area contributed by atoms with Gasteiger partial charge in [0.2, 0.25) is 0 Å². The van der Waals surface area contributed by atoms with Crippen LogP contribution < -0.4 is 15.4 Å². The molecule has 0 saturated carbocycles. The first-order valence-electron chi connectivity index (χ1n) is 6.71. The number of nitrogen functional groups attached to an aromatic ring is 1. The van der Waals surface area contributed by atoms with Gasteiger partial charge in [-0.2, -0.15) is 0 Å². The van der Waals surface area contributed by atoms with Gasteiger partial charge in [-0.05, 0) is 50.2 Å². The van der Waals surface area contributed by atoms with Gasteiger partial charge in [-0.25, -0.2) is 4.39 Å². The molecule has 0 spiro atoms. The van der Waals surface area contributed by atoms with Crippen LogP contribution in [0, 0.1) is 5.82 Å². The largest absolute Gasteiger partial charge is 0.492 e. The minimum Gasteiger partial charge on any atom is -0.492 e. The van der Waals surface area contributed by atoms with Crippen molar-refractivity contribution < 1.29 is 9.13 Å². The van der Waals surface area contributed by atoms with Crippen LogP contribution >= 0.6 is 0 Å². The lowest BCUT2D eigenvalue weighted by atomic mass is 10.2. The maximum atomic E-state index is 13.0. The van der Waals surface area contributed by atoms with Crippen molar-refractivity contribution in [3.63, 3.8) is 0 Å². The SMILES string of the molecule is CCOc1cccc(N(CC)c2ccc(F)cc2)c1N. The highest BCUT2D eigenvalue weighted by atomic mass is 19.1. The molecule has 0 aromatic heterocycles. The second-order valence-corrected chi connectivity index (χ2v) is 4.34. The van der Waals surface area contributed by atoms with Gasteiger partial charge in [-0.1, -0.05) is 6.07 Å². The van der Waals surface area contributed by atoms with Crippen molar-refractivity contribution >= 4 is 17.1 Å². The quantitative estimate of drug-likeness (QED) is 0.839. The highest BCUT2D eigenvalue weighted by Gasteiger charge is 2.13. The Balaban J connectivity index is 2.41. The molecule has 0 bridgehead atoms. The van der Waals surface area contributed by atoms with E-state index in [4.69, 9.17) is 10.5 Å². The third-order valence-electron chi connectivity index (χ3n) is 3.09. The zero-order valence-corrected chi connectivity index (χ0v) is 11.8. The summed E-state index contributed by atoms with van der Waals surface area (Å²) in [6.45, 7) is 5.24. The standard InChI is InChI=1S/C16H19FN2O/c1-3-19(13-10-8-12(17)9-11-13)14-6-5-7-15(16(14)18)20-4-2/h5-11H,3-4,18H2,1-2H3. The predicted molar refractivity (Wildman–Crippen MR) is 81.1 cm³/mol. The number of rotatable bonds is 5. The predicted octanol–water partition coefficient (Wildman–Crippen LogP) is 3.96. The van der Waals surface area contributed by atoms with Crippen molar-refractivity contribution in [3.05, 3.63) is 48.3 Å². The average Bonchev–Trinajstić information content (AvgIpc) is 2.46. The van der Waals surface area contributed by atoms with E-state index >= 15 is 0 Å². The molecule has 0 fully saturated rings. The molecular weight excluding hydrogens is 255 g/mol. The third-order valence-corrected chi connectivity index (χ3v) is 3.09. The Morgan fingerprint density at radius 1 is 1.10 bits per heavy atom. The van der Waals surface area contributed by atoms with E-state index in [2.05, 4.69) is 0 Å². The molecule has 2 rings (SSSR count). The number of halogens is 1. The van der Waals surface area contributed by atoms with Crippen molar-refractivity contribution in [2.75, 3.05) is 23.8 Å². The lowest BCUT2D eigenvalue weighted by molar-refractivity contribution is 0.342. The van der Waals surface area contributed by atoms with Crippen molar-refractivity contribution in [1.82, 2.24) is 0 Å². The second kappa shape index (κ2) is 6.28. The second-order valence-electron chi connectivity index (χ2n) is 4.34. The molecule has 0 atom stereocenters. The van der Waals surface area contributed by atoms with Crippen molar-refractivity contribution in [2.24, 2.45) is 0 Å². The molecule has 0 aliphatic carbocycles. The average molecular weight is 274 g/mol. The minimum absolute atomic E-state index is 0.249. The summed E-state index contributed by atoms with van der Waals surface area (Å²) in [4.78, 5) is 2.03. The van der Waals surface area contributed by atoms with E-state index < -0.39 is 0 Å². The van der Waals surface area contributed by atoms with Crippen LogP contribution in [0.1, 0.15) is 13.8 Å². The summed E-state index contributed by atoms with van der Waals surface area (Å²) < 4.78 is 18.6. The molecule has 20 heavy (non-hydrogen) atoms. The fourth-order valence-electron chi connectivity index (χ4n) is 2.16. The van der Waals surface area contributed by atoms with Crippen LogP contribution in [0.15, 0.2) is 42.5 Å². The van der Waals surface area contributed by atoms with Crippen LogP contribution in [0.3, 0.4) is 0 Å². The minimum atomic E-state index is -0.249. The number of para-hydroxylation sites is 1. The number of hydrogen-bond acceptors (Lipinski definition) is 3. The number of hydrogen-bond donors (Lipinski definition) is 1. The van der Waals surface area contributed by atoms with Crippen LogP contribution in [0.2, 0.25) is 0 Å². The zero-order valence-electron chi connectivity index (χ0n) is 11.8. The van der Waals surface area contributed by atoms with E-state index in [1.807, 2.05) is 36.9 Å². The Labute approximate surface area is 118 Å². The first-order valence-corrected chi connectivity index (χ1v) is 6.71. The van der Waals surface area contributed by atoms with Gasteiger partial charge >= 0.3 is 0 Å². The van der Waals surface area contributed by atoms with Gasteiger partial charge < -0.3 is 15.4 Å². The normalized spacial score (nSPS) is 10.3. The molecule has 3 nitrogen and oxygen atoms in total. The summed E-state index contributed by atoms with van der Waals surface area (Å²) in [5, 5.41) is 0. The maximum Gasteiger partial charge on any atom is 0.144 e. The monoisotopic (exact) mass is 274 g/mol. The van der Waals surface area contributed by atoms with Crippen LogP contribution in [0.5, 0.6) is 5.75 Å². The summed E-state index contributed by atoms with van der Waals surface area (Å²) in [6.07, 6.45) is 0. The lowest BCUT2D eigenvalue weighted by Crippen LogP contribution is -2.17. The van der Waals surface area contributed by atoms with Crippen LogP contribution in [-0.4, -0.2) is 13.2 Å². The molecule has 0 saturated heterocycles. The highest BCUT2D eigenvalue weighted by Crippen LogP contribution is 2.36. The summed E-state index contributed by atoms with van der Waals surface area (Å²) in [5.41, 5.74) is 8.53. The first kappa shape index (κ1) is 14.2. The summed E-state index contributed by atoms with van der Waals surface area (Å²) in [7, 11) is 0. The molecule has 0 amide bonds. The molecule has 2 N–H and O–H groups in total. The van der Waals surface area contributed by atoms with E-state index in [1.54, 1.807) is 12.1 Å². The van der Waals surface area contributed by atoms with Gasteiger partial charge in [0.25, 0.3) is 0 Å². The van der Waals surface area contributed by atoms with Gasteiger partial charge in [0.05, 0.1) is 18.0 Å². The summed E-state index contributed by atoms with van der Waals surface area (Å²) in [6, 6.07) is 12.1. The van der Waals surface area contributed by atoms with E-state index in [0.717, 1.165) is 17.9 Å². The Kier molecular flexibility index (Phi) is 4.45. The Morgan fingerprint density at radius 3 is 2.40 bits per heavy atom. The molecule has 106 valence electrons. The lowest BCUT2D eigenvalue weighted by Gasteiger charge is -2.25. The molecule has 2 aromatic rings. The summed E-state index contributed by atoms with van der Waals surface area (Å²) >= 11 is 0. The fraction of sp³-hybridized carbons (Fsp3) is 0.250. The number of ether oxygens (including phenoxy) is 1. The Hall–Kier alpha value is -2.23. The van der Waals surface area contributed by atoms with E-state index in [9.17, 15) is 4.39 Å². The van der Waals surface area contributed by atoms with Gasteiger partial charge in [-0.15, -0.1) is 0 Å². The fourth-order valence-corrected chi connectivity index (χ4v) is 2.16. The number of anilines is 3. The van der Waals surface area contributed by atoms with Gasteiger partial charge in [-0.3, -0.25) is 0 Å². The van der Waals surface area contributed by atoms with Gasteiger partial charge in [0.15, 0.2) is 0 Å². The van der Waals surface area contributed by atoms with E-state index in [-0.39, 0.29) is 5.82 Å². The molecule has 0 radical (unpaired) electrons. The smallest absolute Gasteiger partial charge is 0.144 e. The number of nitrogens with zero attached hydrogens (tertiary/aromatic N) is 1. The van der Waals surface area contributed by atoms with Crippen molar-refractivity contribution in [2.45, 2.75) is 13.8 Å². The molecule has 0 aliphatic rings. The van der Waals surface area contributed by atoms with Gasteiger partial charge in [0.1, 0.15) is 11.6 Å². The van der Waals surface area contributed by atoms with Crippen LogP contribution in [0.4, 0.5) is 21.5 Å².